The Balaban J connectivity index is -0.0000000646. The van der Waals surface area contributed by atoms with Crippen molar-refractivity contribution < 1.29 is 0 Å². The molecule has 0 saturated heterocycles. The first-order valence-electron chi connectivity index (χ1n) is 3.56. The van der Waals surface area contributed by atoms with E-state index in [4.69, 9.17) is 0 Å². The van der Waals surface area contributed by atoms with Gasteiger partial charge in [-0.15, -0.1) is 0 Å². The fourth-order valence-electron chi connectivity index (χ4n) is 0. The highest BCUT2D eigenvalue weighted by molar-refractivity contribution is 4.15. The molecule has 60 valence electrons. The van der Waals surface area contributed by atoms with Crippen LogP contribution in [0.5, 0.6) is 0 Å². The smallest absolute Gasteiger partial charge is 0.00804 e. The van der Waals surface area contributed by atoms with Crippen LogP contribution in [0.4, 0.5) is 0 Å². The predicted octanol–water partition coefficient (Wildman–Crippen LogP) is 1.09. The van der Waals surface area contributed by atoms with E-state index in [0.29, 0.717) is 0 Å². The van der Waals surface area contributed by atoms with Crippen LogP contribution in [-0.2, 0) is 0 Å². The maximum absolute atomic E-state index is 2.93. The minimum atomic E-state index is 1.07. The molecule has 0 unspecified atom stereocenters. The Morgan fingerprint density at radius 3 is 1.11 bits per heavy atom. The number of nitrogens with one attached hydrogen (secondary N) is 2. The average Bonchev–Trinajstić information content (AvgIpc) is 1.94. The van der Waals surface area contributed by atoms with Crippen molar-refractivity contribution in [2.75, 3.05) is 27.7 Å². The Morgan fingerprint density at radius 2 is 1.11 bits per heavy atom. The van der Waals surface area contributed by atoms with Crippen LogP contribution in [0.25, 0.3) is 0 Å². The van der Waals surface area contributed by atoms with Crippen molar-refractivity contribution in [3.8, 4) is 0 Å². The Kier molecular flexibility index (Phi) is 78.9. The van der Waals surface area contributed by atoms with Gasteiger partial charge < -0.3 is 10.6 Å². The summed E-state index contributed by atoms with van der Waals surface area (Å²) in [4.78, 5) is 0. The third kappa shape index (κ3) is 328. The summed E-state index contributed by atoms with van der Waals surface area (Å²) in [5.74, 6) is 0. The molecule has 0 saturated carbocycles. The standard InChI is InChI=1S/C3H9N.C2H7N.C2H6/c1-3-4-2;1-3-2;1-2/h4H,3H2,1-2H3;3H,1-2H3;1-2H3. The second kappa shape index (κ2) is 44.5. The van der Waals surface area contributed by atoms with E-state index in [1.54, 1.807) is 0 Å². The Labute approximate surface area is 60.0 Å². The van der Waals surface area contributed by atoms with Gasteiger partial charge in [-0.3, -0.25) is 0 Å². The summed E-state index contributed by atoms with van der Waals surface area (Å²) in [6.07, 6.45) is 0. The molecule has 0 amide bonds. The molecule has 0 aromatic carbocycles. The van der Waals surface area contributed by atoms with Gasteiger partial charge in [0.15, 0.2) is 0 Å². The highest BCUT2D eigenvalue weighted by Gasteiger charge is 1.50. The zero-order valence-electron chi connectivity index (χ0n) is 7.71. The highest BCUT2D eigenvalue weighted by atomic mass is 14.8. The first-order chi connectivity index (χ1) is 4.33. The minimum Gasteiger partial charge on any atom is -0.323 e. The average molecular weight is 134 g/mol. The van der Waals surface area contributed by atoms with E-state index in [-0.39, 0.29) is 0 Å². The largest absolute Gasteiger partial charge is 0.323 e. The predicted molar refractivity (Wildman–Crippen MR) is 45.9 cm³/mol. The minimum absolute atomic E-state index is 1.07. The van der Waals surface area contributed by atoms with Crippen LogP contribution in [0.1, 0.15) is 20.8 Å². The topological polar surface area (TPSA) is 24.1 Å². The molecule has 0 aliphatic rings. The zero-order valence-corrected chi connectivity index (χ0v) is 7.71. The SMILES string of the molecule is CC.CCNC.CNC. The van der Waals surface area contributed by atoms with Crippen molar-refractivity contribution in [1.82, 2.24) is 10.6 Å². The summed E-state index contributed by atoms with van der Waals surface area (Å²) in [5.41, 5.74) is 0. The summed E-state index contributed by atoms with van der Waals surface area (Å²) >= 11 is 0. The van der Waals surface area contributed by atoms with E-state index in [1.165, 1.54) is 0 Å². The van der Waals surface area contributed by atoms with Crippen LogP contribution < -0.4 is 10.6 Å². The molecule has 9 heavy (non-hydrogen) atoms. The lowest BCUT2D eigenvalue weighted by atomic mass is 10.8. The van der Waals surface area contributed by atoms with E-state index in [2.05, 4.69) is 17.6 Å². The number of hydrogen-bond acceptors (Lipinski definition) is 2. The molecule has 0 aliphatic carbocycles. The molecule has 0 radical (unpaired) electrons. The van der Waals surface area contributed by atoms with E-state index < -0.39 is 0 Å². The van der Waals surface area contributed by atoms with Gasteiger partial charge in [0, 0.05) is 0 Å². The summed E-state index contributed by atoms with van der Waals surface area (Å²) in [6, 6.07) is 0. The summed E-state index contributed by atoms with van der Waals surface area (Å²) < 4.78 is 0. The van der Waals surface area contributed by atoms with Gasteiger partial charge in [-0.2, -0.15) is 0 Å². The lowest BCUT2D eigenvalue weighted by Crippen LogP contribution is -2.01. The molecule has 0 heterocycles. The molecule has 2 heteroatoms. The number of rotatable bonds is 1. The molecule has 0 bridgehead atoms. The van der Waals surface area contributed by atoms with E-state index in [0.717, 1.165) is 6.54 Å². The molecule has 0 aromatic heterocycles. The Hall–Kier alpha value is -0.0800. The van der Waals surface area contributed by atoms with Gasteiger partial charge in [-0.25, -0.2) is 0 Å². The normalized spacial score (nSPS) is 6.00. The van der Waals surface area contributed by atoms with Gasteiger partial charge in [0.25, 0.3) is 0 Å². The Morgan fingerprint density at radius 1 is 1.00 bits per heavy atom. The first kappa shape index (κ1) is 16.0. The van der Waals surface area contributed by atoms with Gasteiger partial charge in [-0.1, -0.05) is 20.8 Å². The van der Waals surface area contributed by atoms with Crippen LogP contribution in [0, 0.1) is 0 Å². The quantitative estimate of drug-likeness (QED) is 0.561. The summed E-state index contributed by atoms with van der Waals surface area (Å²) in [6.45, 7) is 7.14. The van der Waals surface area contributed by atoms with Gasteiger partial charge in [0.05, 0.1) is 0 Å². The van der Waals surface area contributed by atoms with Crippen LogP contribution in [0.2, 0.25) is 0 Å². The van der Waals surface area contributed by atoms with Gasteiger partial charge in [0.1, 0.15) is 0 Å². The molecule has 0 atom stereocenters. The summed E-state index contributed by atoms with van der Waals surface area (Å²) in [5, 5.41) is 5.68. The first-order valence-corrected chi connectivity index (χ1v) is 3.56. The zero-order chi connectivity index (χ0) is 8.12. The van der Waals surface area contributed by atoms with E-state index in [1.807, 2.05) is 35.0 Å². The molecular formula is C7H22N2. The maximum atomic E-state index is 2.93. The molecule has 0 aliphatic heterocycles. The van der Waals surface area contributed by atoms with Crippen molar-refractivity contribution in [2.24, 2.45) is 0 Å². The molecule has 2 nitrogen and oxygen atoms in total. The van der Waals surface area contributed by atoms with Crippen LogP contribution >= 0.6 is 0 Å². The van der Waals surface area contributed by atoms with Gasteiger partial charge in [-0.05, 0) is 27.7 Å². The van der Waals surface area contributed by atoms with Crippen molar-refractivity contribution in [1.29, 1.82) is 0 Å². The monoisotopic (exact) mass is 134 g/mol. The third-order valence-electron chi connectivity index (χ3n) is 0.354. The van der Waals surface area contributed by atoms with Crippen LogP contribution in [0.3, 0.4) is 0 Å². The lowest BCUT2D eigenvalue weighted by molar-refractivity contribution is 0.864. The fraction of sp³-hybridized carbons (Fsp3) is 1.00. The van der Waals surface area contributed by atoms with Crippen molar-refractivity contribution in [3.05, 3.63) is 0 Å². The molecular weight excluding hydrogens is 112 g/mol. The third-order valence-corrected chi connectivity index (χ3v) is 0.354. The Bertz CT molecular complexity index is 14.4. The molecule has 0 rings (SSSR count). The van der Waals surface area contributed by atoms with E-state index in [9.17, 15) is 0 Å². The molecule has 0 aromatic rings. The second-order valence-corrected chi connectivity index (χ2v) is 1.21. The van der Waals surface area contributed by atoms with Gasteiger partial charge >= 0.3 is 0 Å². The van der Waals surface area contributed by atoms with Crippen molar-refractivity contribution >= 4 is 0 Å². The van der Waals surface area contributed by atoms with Crippen LogP contribution in [-0.4, -0.2) is 27.7 Å². The lowest BCUT2D eigenvalue weighted by Gasteiger charge is -1.76. The highest BCUT2D eigenvalue weighted by Crippen LogP contribution is 1.34. The maximum Gasteiger partial charge on any atom is -0.00804 e. The summed E-state index contributed by atoms with van der Waals surface area (Å²) in [7, 11) is 5.68. The molecule has 2 N–H and O–H groups in total. The fourth-order valence-corrected chi connectivity index (χ4v) is 0. The van der Waals surface area contributed by atoms with Gasteiger partial charge in [0.2, 0.25) is 0 Å². The molecule has 0 spiro atoms. The molecule has 0 fully saturated rings. The van der Waals surface area contributed by atoms with Crippen LogP contribution in [0.15, 0.2) is 0 Å². The van der Waals surface area contributed by atoms with Crippen molar-refractivity contribution in [2.45, 2.75) is 20.8 Å². The van der Waals surface area contributed by atoms with E-state index >= 15 is 0 Å². The second-order valence-electron chi connectivity index (χ2n) is 1.21. The number of hydrogen-bond donors (Lipinski definition) is 2. The van der Waals surface area contributed by atoms with Crippen molar-refractivity contribution in [3.63, 3.8) is 0 Å².